The number of nitrogens with zero attached hydrogens (tertiary/aromatic N) is 6. The van der Waals surface area contributed by atoms with Crippen LogP contribution in [0.4, 0.5) is 5.82 Å². The first-order chi connectivity index (χ1) is 14.8. The number of tetrazole rings is 1. The molecule has 2 unspecified atom stereocenters. The summed E-state index contributed by atoms with van der Waals surface area (Å²) in [6, 6.07) is 4.34. The molecule has 14 heteroatoms. The second-order valence-electron chi connectivity index (χ2n) is 7.40. The average Bonchev–Trinajstić information content (AvgIpc) is 3.15. The zero-order valence-corrected chi connectivity index (χ0v) is 18.1. The molecule has 2 aromatic heterocycles. The van der Waals surface area contributed by atoms with E-state index in [1.807, 2.05) is 0 Å². The molecular formula is C17H20N8O4S2. The molecule has 4 heterocycles. The van der Waals surface area contributed by atoms with Crippen LogP contribution in [-0.2, 0) is 27.9 Å². The van der Waals surface area contributed by atoms with E-state index in [1.165, 1.54) is 33.1 Å². The predicted octanol–water partition coefficient (Wildman–Crippen LogP) is -1.01. The number of rotatable bonds is 7. The van der Waals surface area contributed by atoms with E-state index in [0.717, 1.165) is 0 Å². The average molecular weight is 465 g/mol. The highest BCUT2D eigenvalue weighted by atomic mass is 32.2. The molecule has 2 aliphatic rings. The molecule has 31 heavy (non-hydrogen) atoms. The lowest BCUT2D eigenvalue weighted by Crippen LogP contribution is -2.74. The summed E-state index contributed by atoms with van der Waals surface area (Å²) in [5.74, 6) is -0.761. The second-order valence-corrected chi connectivity index (χ2v) is 9.45. The molecule has 12 nitrogen and oxygen atoms in total. The van der Waals surface area contributed by atoms with Gasteiger partial charge in [0.05, 0.1) is 12.1 Å². The number of carboxylic acid groups (broad SMARTS) is 1. The Kier molecular flexibility index (Phi) is 5.75. The van der Waals surface area contributed by atoms with Crippen molar-refractivity contribution < 1.29 is 19.5 Å². The van der Waals surface area contributed by atoms with Gasteiger partial charge in [-0.2, -0.15) is 0 Å². The van der Waals surface area contributed by atoms with Crippen molar-refractivity contribution in [1.29, 1.82) is 0 Å². The number of carbonyl (C=O) groups is 3. The van der Waals surface area contributed by atoms with Gasteiger partial charge in [-0.05, 0) is 22.6 Å². The summed E-state index contributed by atoms with van der Waals surface area (Å²) in [6.45, 7) is 0.0697. The minimum absolute atomic E-state index is 0.00759. The molecule has 0 aliphatic carbocycles. The topological polar surface area (TPSA) is 169 Å². The number of thioether (sulfide) groups is 2. The highest BCUT2D eigenvalue weighted by Crippen LogP contribution is 2.44. The summed E-state index contributed by atoms with van der Waals surface area (Å²) < 4.78 is 1.47. The molecule has 0 radical (unpaired) electrons. The number of nitrogens with two attached hydrogens (primary N) is 1. The van der Waals surface area contributed by atoms with Gasteiger partial charge in [-0.3, -0.25) is 14.4 Å². The van der Waals surface area contributed by atoms with Crippen molar-refractivity contribution >= 4 is 47.1 Å². The van der Waals surface area contributed by atoms with Crippen LogP contribution < -0.4 is 11.1 Å². The van der Waals surface area contributed by atoms with Gasteiger partial charge in [-0.1, -0.05) is 17.8 Å². The Morgan fingerprint density at radius 2 is 2.26 bits per heavy atom. The summed E-state index contributed by atoms with van der Waals surface area (Å²) in [4.78, 5) is 42.7. The molecular weight excluding hydrogens is 444 g/mol. The SMILES string of the molecule is Cn1nnnc1SCC1(C(=O)O)CS[C@@H]2C(NC(=O)Cc3cccc(N)n3)C(=O)N2C1. The number of anilines is 1. The molecule has 0 aromatic carbocycles. The molecule has 2 aliphatic heterocycles. The van der Waals surface area contributed by atoms with E-state index < -0.39 is 17.4 Å². The molecule has 2 amide bonds. The van der Waals surface area contributed by atoms with Crippen LogP contribution in [-0.4, -0.2) is 82.4 Å². The number of aryl methyl sites for hydroxylation is 1. The molecule has 0 saturated carbocycles. The molecule has 2 aromatic rings. The summed E-state index contributed by atoms with van der Waals surface area (Å²) in [7, 11) is 1.67. The van der Waals surface area contributed by atoms with Crippen LogP contribution in [0.3, 0.4) is 0 Å². The van der Waals surface area contributed by atoms with Gasteiger partial charge in [0, 0.05) is 25.1 Å². The molecule has 4 rings (SSSR count). The number of amides is 2. The monoisotopic (exact) mass is 464 g/mol. The van der Waals surface area contributed by atoms with Gasteiger partial charge >= 0.3 is 5.97 Å². The Morgan fingerprint density at radius 1 is 1.45 bits per heavy atom. The van der Waals surface area contributed by atoms with Gasteiger partial charge in [-0.15, -0.1) is 16.9 Å². The van der Waals surface area contributed by atoms with E-state index in [2.05, 4.69) is 25.8 Å². The number of hydrogen-bond donors (Lipinski definition) is 3. The third-order valence-electron chi connectivity index (χ3n) is 5.14. The van der Waals surface area contributed by atoms with Crippen molar-refractivity contribution in [3.05, 3.63) is 23.9 Å². The Labute approximate surface area is 185 Å². The maximum Gasteiger partial charge on any atom is 0.313 e. The third-order valence-corrected chi connectivity index (χ3v) is 8.03. The Bertz CT molecular complexity index is 1030. The zero-order valence-electron chi connectivity index (χ0n) is 16.5. The second kappa shape index (κ2) is 8.34. The molecule has 0 spiro atoms. The summed E-state index contributed by atoms with van der Waals surface area (Å²) >= 11 is 2.59. The first-order valence-electron chi connectivity index (χ1n) is 9.30. The Morgan fingerprint density at radius 3 is 2.94 bits per heavy atom. The van der Waals surface area contributed by atoms with Crippen LogP contribution in [0.5, 0.6) is 0 Å². The van der Waals surface area contributed by atoms with Crippen molar-refractivity contribution in [3.63, 3.8) is 0 Å². The van der Waals surface area contributed by atoms with Gasteiger partial charge in [0.2, 0.25) is 17.0 Å². The van der Waals surface area contributed by atoms with Crippen molar-refractivity contribution in [2.45, 2.75) is 23.0 Å². The largest absolute Gasteiger partial charge is 0.481 e. The fourth-order valence-corrected chi connectivity index (χ4v) is 6.15. The van der Waals surface area contributed by atoms with E-state index in [4.69, 9.17) is 5.73 Å². The van der Waals surface area contributed by atoms with Crippen LogP contribution in [0.2, 0.25) is 0 Å². The predicted molar refractivity (Wildman–Crippen MR) is 112 cm³/mol. The first kappa shape index (κ1) is 21.4. The number of fused-ring (bicyclic) bond motifs is 1. The van der Waals surface area contributed by atoms with Crippen molar-refractivity contribution in [3.8, 4) is 0 Å². The third kappa shape index (κ3) is 4.17. The van der Waals surface area contributed by atoms with E-state index in [0.29, 0.717) is 22.4 Å². The van der Waals surface area contributed by atoms with Crippen molar-refractivity contribution in [2.24, 2.45) is 12.5 Å². The summed E-state index contributed by atoms with van der Waals surface area (Å²) in [5, 5.41) is 24.0. The van der Waals surface area contributed by atoms with E-state index in [-0.39, 0.29) is 35.9 Å². The molecule has 2 fully saturated rings. The fourth-order valence-electron chi connectivity index (χ4n) is 3.44. The standard InChI is InChI=1S/C17H20N8O4S2/c1-24-16(21-22-23-24)31-8-17(15(28)29)6-25-13(27)12(14(25)30-7-17)20-11(26)5-9-3-2-4-10(18)19-9/h2-4,12,14H,5-8H2,1H3,(H2,18,19)(H,20,26)(H,28,29)/t12?,14-,17?/m1/s1. The van der Waals surface area contributed by atoms with Crippen LogP contribution in [0.1, 0.15) is 5.69 Å². The maximum atomic E-state index is 12.7. The van der Waals surface area contributed by atoms with Gasteiger partial charge in [-0.25, -0.2) is 9.67 Å². The molecule has 0 bridgehead atoms. The number of nitrogen functional groups attached to an aromatic ring is 1. The summed E-state index contributed by atoms with van der Waals surface area (Å²) in [6.07, 6.45) is 0.00759. The van der Waals surface area contributed by atoms with Crippen LogP contribution in [0, 0.1) is 5.41 Å². The normalized spacial score (nSPS) is 24.9. The lowest BCUT2D eigenvalue weighted by atomic mass is 9.89. The smallest absolute Gasteiger partial charge is 0.313 e. The highest BCUT2D eigenvalue weighted by molar-refractivity contribution is 8.00. The van der Waals surface area contributed by atoms with Crippen molar-refractivity contribution in [1.82, 2.24) is 35.4 Å². The molecule has 2 saturated heterocycles. The minimum atomic E-state index is -1.13. The quantitative estimate of drug-likeness (QED) is 0.339. The number of carboxylic acids is 1. The minimum Gasteiger partial charge on any atom is -0.481 e. The number of hydrogen-bond acceptors (Lipinski definition) is 10. The summed E-state index contributed by atoms with van der Waals surface area (Å²) in [5.41, 5.74) is 5.01. The van der Waals surface area contributed by atoms with Gasteiger partial charge in [0.1, 0.15) is 22.6 Å². The van der Waals surface area contributed by atoms with E-state index in [1.54, 1.807) is 25.2 Å². The molecule has 4 N–H and O–H groups in total. The molecule has 3 atom stereocenters. The van der Waals surface area contributed by atoms with Gasteiger partial charge < -0.3 is 21.1 Å². The lowest BCUT2D eigenvalue weighted by Gasteiger charge is -2.53. The van der Waals surface area contributed by atoms with Crippen LogP contribution in [0.25, 0.3) is 0 Å². The Balaban J connectivity index is 1.37. The van der Waals surface area contributed by atoms with Gasteiger partial charge in [0.15, 0.2) is 0 Å². The number of nitrogens with one attached hydrogen (secondary N) is 1. The Hall–Kier alpha value is -2.87. The van der Waals surface area contributed by atoms with Crippen LogP contribution >= 0.6 is 23.5 Å². The molecule has 164 valence electrons. The van der Waals surface area contributed by atoms with Crippen LogP contribution in [0.15, 0.2) is 23.4 Å². The zero-order chi connectivity index (χ0) is 22.2. The van der Waals surface area contributed by atoms with E-state index >= 15 is 0 Å². The maximum absolute atomic E-state index is 12.7. The number of aromatic nitrogens is 5. The van der Waals surface area contributed by atoms with Gasteiger partial charge in [0.25, 0.3) is 0 Å². The number of β-lactam (4-membered cyclic amide) rings is 1. The lowest BCUT2D eigenvalue weighted by molar-refractivity contribution is -0.157. The number of aliphatic carboxylic acids is 1. The highest BCUT2D eigenvalue weighted by Gasteiger charge is 2.57. The number of pyridine rings is 1. The van der Waals surface area contributed by atoms with E-state index in [9.17, 15) is 19.5 Å². The fraction of sp³-hybridized carbons (Fsp3) is 0.471. The van der Waals surface area contributed by atoms with Crippen molar-refractivity contribution in [2.75, 3.05) is 23.8 Å². The first-order valence-corrected chi connectivity index (χ1v) is 11.3. The number of carbonyl (C=O) groups excluding carboxylic acids is 2.